The number of carbonyl (C=O) groups is 3. The molecule has 3 rings (SSSR count). The van der Waals surface area contributed by atoms with Crippen LogP contribution in [0, 0.1) is 5.82 Å². The summed E-state index contributed by atoms with van der Waals surface area (Å²) >= 11 is 0. The Morgan fingerprint density at radius 1 is 1.14 bits per heavy atom. The average molecular weight is 401 g/mol. The normalized spacial score (nSPS) is 18.4. The van der Waals surface area contributed by atoms with Crippen molar-refractivity contribution >= 4 is 23.5 Å². The predicted octanol–water partition coefficient (Wildman–Crippen LogP) is 2.25. The fourth-order valence-electron chi connectivity index (χ4n) is 3.09. The van der Waals surface area contributed by atoms with Gasteiger partial charge in [0.15, 0.2) is 11.5 Å². The molecule has 2 aromatic rings. The first-order valence-corrected chi connectivity index (χ1v) is 8.70. The van der Waals surface area contributed by atoms with Crippen LogP contribution >= 0.6 is 0 Å². The number of rotatable bonds is 6. The fraction of sp³-hybridized carbons (Fsp3) is 0.250. The third-order valence-corrected chi connectivity index (χ3v) is 4.65. The van der Waals surface area contributed by atoms with E-state index in [1.165, 1.54) is 32.4 Å². The van der Waals surface area contributed by atoms with Crippen LogP contribution in [-0.4, -0.2) is 43.5 Å². The molecule has 4 amide bonds. The number of anilines is 1. The molecule has 29 heavy (non-hydrogen) atoms. The monoisotopic (exact) mass is 401 g/mol. The number of amides is 4. The van der Waals surface area contributed by atoms with Gasteiger partial charge in [-0.3, -0.25) is 14.5 Å². The highest BCUT2D eigenvalue weighted by Crippen LogP contribution is 2.35. The first-order chi connectivity index (χ1) is 13.8. The number of benzene rings is 2. The van der Waals surface area contributed by atoms with Gasteiger partial charge in [-0.1, -0.05) is 12.1 Å². The lowest BCUT2D eigenvalue weighted by atomic mass is 9.91. The number of urea groups is 1. The maximum atomic E-state index is 13.3. The van der Waals surface area contributed by atoms with Gasteiger partial charge in [0.1, 0.15) is 17.9 Å². The van der Waals surface area contributed by atoms with E-state index in [-0.39, 0.29) is 5.69 Å². The zero-order valence-electron chi connectivity index (χ0n) is 16.1. The van der Waals surface area contributed by atoms with Crippen molar-refractivity contribution in [2.45, 2.75) is 12.5 Å². The molecule has 0 bridgehead atoms. The molecule has 2 N–H and O–H groups in total. The average Bonchev–Trinajstić information content (AvgIpc) is 2.91. The van der Waals surface area contributed by atoms with Crippen molar-refractivity contribution in [1.29, 1.82) is 0 Å². The van der Waals surface area contributed by atoms with Gasteiger partial charge in [0.2, 0.25) is 5.91 Å². The molecule has 152 valence electrons. The van der Waals surface area contributed by atoms with Gasteiger partial charge in [-0.05, 0) is 42.8 Å². The van der Waals surface area contributed by atoms with E-state index in [2.05, 4.69) is 10.6 Å². The van der Waals surface area contributed by atoms with Crippen molar-refractivity contribution in [3.8, 4) is 11.5 Å². The minimum Gasteiger partial charge on any atom is -0.493 e. The lowest BCUT2D eigenvalue weighted by molar-refractivity contribution is -0.133. The maximum absolute atomic E-state index is 13.3. The highest BCUT2D eigenvalue weighted by atomic mass is 19.1. The fourth-order valence-corrected chi connectivity index (χ4v) is 3.09. The Balaban J connectivity index is 1.79. The van der Waals surface area contributed by atoms with E-state index in [1.54, 1.807) is 25.1 Å². The van der Waals surface area contributed by atoms with Gasteiger partial charge in [-0.25, -0.2) is 9.18 Å². The summed E-state index contributed by atoms with van der Waals surface area (Å²) in [6.45, 7) is 1.03. The summed E-state index contributed by atoms with van der Waals surface area (Å²) in [6, 6.07) is 9.45. The summed E-state index contributed by atoms with van der Waals surface area (Å²) in [4.78, 5) is 38.4. The standard InChI is InChI=1S/C20H20FN3O5/c1-20(12-7-8-15(28-2)16(9-12)29-3)18(26)24(19(27)23-20)11-17(25)22-14-6-4-5-13(21)10-14/h4-10H,11H2,1-3H3,(H,22,25)(H,23,27)/t20-/m1/s1. The predicted molar refractivity (Wildman–Crippen MR) is 102 cm³/mol. The third kappa shape index (κ3) is 3.84. The molecule has 0 aromatic heterocycles. The summed E-state index contributed by atoms with van der Waals surface area (Å²) in [5.74, 6) is -0.864. The smallest absolute Gasteiger partial charge is 0.325 e. The van der Waals surface area contributed by atoms with Crippen molar-refractivity contribution in [3.05, 3.63) is 53.8 Å². The Morgan fingerprint density at radius 3 is 2.52 bits per heavy atom. The summed E-state index contributed by atoms with van der Waals surface area (Å²) in [5.41, 5.74) is -0.679. The molecule has 0 spiro atoms. The number of halogens is 1. The van der Waals surface area contributed by atoms with Crippen LogP contribution in [-0.2, 0) is 15.1 Å². The van der Waals surface area contributed by atoms with Gasteiger partial charge >= 0.3 is 6.03 Å². The van der Waals surface area contributed by atoms with Crippen LogP contribution in [0.15, 0.2) is 42.5 Å². The number of methoxy groups -OCH3 is 2. The number of hydrogen-bond donors (Lipinski definition) is 2. The molecule has 2 aromatic carbocycles. The van der Waals surface area contributed by atoms with E-state index < -0.39 is 35.7 Å². The number of nitrogens with one attached hydrogen (secondary N) is 2. The van der Waals surface area contributed by atoms with Crippen LogP contribution in [0.2, 0.25) is 0 Å². The van der Waals surface area contributed by atoms with Crippen LogP contribution in [0.3, 0.4) is 0 Å². The molecule has 0 radical (unpaired) electrons. The number of nitrogens with zero attached hydrogens (tertiary/aromatic N) is 1. The second-order valence-corrected chi connectivity index (χ2v) is 6.57. The Morgan fingerprint density at radius 2 is 1.86 bits per heavy atom. The van der Waals surface area contributed by atoms with Gasteiger partial charge in [-0.15, -0.1) is 0 Å². The molecule has 1 aliphatic heterocycles. The molecule has 1 aliphatic rings. The lowest BCUT2D eigenvalue weighted by Gasteiger charge is -2.23. The molecule has 0 aliphatic carbocycles. The molecule has 1 fully saturated rings. The van der Waals surface area contributed by atoms with Crippen LogP contribution in [0.4, 0.5) is 14.9 Å². The number of carbonyl (C=O) groups excluding carboxylic acids is 3. The second kappa shape index (κ2) is 7.78. The van der Waals surface area contributed by atoms with Gasteiger partial charge < -0.3 is 20.1 Å². The number of hydrogen-bond acceptors (Lipinski definition) is 5. The summed E-state index contributed by atoms with van der Waals surface area (Å²) in [7, 11) is 2.95. The third-order valence-electron chi connectivity index (χ3n) is 4.65. The molecule has 0 saturated carbocycles. The molecule has 1 saturated heterocycles. The van der Waals surface area contributed by atoms with Crippen molar-refractivity contribution < 1.29 is 28.2 Å². The summed E-state index contributed by atoms with van der Waals surface area (Å²) in [6.07, 6.45) is 0. The highest BCUT2D eigenvalue weighted by molar-refractivity contribution is 6.10. The van der Waals surface area contributed by atoms with Crippen molar-refractivity contribution in [1.82, 2.24) is 10.2 Å². The quantitative estimate of drug-likeness (QED) is 0.724. The van der Waals surface area contributed by atoms with Crippen LogP contribution in [0.25, 0.3) is 0 Å². The molecular formula is C20H20FN3O5. The Kier molecular flexibility index (Phi) is 5.40. The zero-order chi connectivity index (χ0) is 21.2. The van der Waals surface area contributed by atoms with E-state index in [0.29, 0.717) is 17.1 Å². The molecular weight excluding hydrogens is 381 g/mol. The Bertz CT molecular complexity index is 980. The molecule has 1 atom stereocenters. The topological polar surface area (TPSA) is 97.0 Å². The van der Waals surface area contributed by atoms with Crippen LogP contribution in [0.1, 0.15) is 12.5 Å². The van der Waals surface area contributed by atoms with Gasteiger partial charge in [0, 0.05) is 5.69 Å². The molecule has 9 heteroatoms. The van der Waals surface area contributed by atoms with Crippen molar-refractivity contribution in [2.75, 3.05) is 26.1 Å². The summed E-state index contributed by atoms with van der Waals surface area (Å²) < 4.78 is 23.7. The van der Waals surface area contributed by atoms with Crippen molar-refractivity contribution in [2.24, 2.45) is 0 Å². The Labute approximate surface area is 166 Å². The van der Waals surface area contributed by atoms with E-state index in [4.69, 9.17) is 9.47 Å². The minimum atomic E-state index is -1.38. The lowest BCUT2D eigenvalue weighted by Crippen LogP contribution is -2.42. The minimum absolute atomic E-state index is 0.227. The largest absolute Gasteiger partial charge is 0.493 e. The molecule has 8 nitrogen and oxygen atoms in total. The Hall–Kier alpha value is -3.62. The number of ether oxygens (including phenoxy) is 2. The first-order valence-electron chi connectivity index (χ1n) is 8.70. The summed E-state index contributed by atoms with van der Waals surface area (Å²) in [5, 5.41) is 5.08. The van der Waals surface area contributed by atoms with Crippen molar-refractivity contribution in [3.63, 3.8) is 0 Å². The van der Waals surface area contributed by atoms with E-state index in [0.717, 1.165) is 11.0 Å². The second-order valence-electron chi connectivity index (χ2n) is 6.57. The zero-order valence-corrected chi connectivity index (χ0v) is 16.1. The van der Waals surface area contributed by atoms with Gasteiger partial charge in [0.25, 0.3) is 5.91 Å². The SMILES string of the molecule is COc1ccc([C@@]2(C)NC(=O)N(CC(=O)Nc3cccc(F)c3)C2=O)cc1OC. The molecule has 0 unspecified atom stereocenters. The van der Waals surface area contributed by atoms with E-state index in [1.807, 2.05) is 0 Å². The van der Waals surface area contributed by atoms with Gasteiger partial charge in [-0.2, -0.15) is 0 Å². The molecule has 1 heterocycles. The first kappa shape index (κ1) is 20.1. The van der Waals surface area contributed by atoms with Crippen LogP contribution in [0.5, 0.6) is 11.5 Å². The maximum Gasteiger partial charge on any atom is 0.325 e. The van der Waals surface area contributed by atoms with Gasteiger partial charge in [0.05, 0.1) is 14.2 Å². The van der Waals surface area contributed by atoms with Crippen LogP contribution < -0.4 is 20.1 Å². The van der Waals surface area contributed by atoms with E-state index in [9.17, 15) is 18.8 Å². The number of imide groups is 1. The highest BCUT2D eigenvalue weighted by Gasteiger charge is 2.49. The van der Waals surface area contributed by atoms with E-state index >= 15 is 0 Å².